The Morgan fingerprint density at radius 2 is 2.36 bits per heavy atom. The minimum atomic E-state index is 0.677. The number of oxime groups is 1. The van der Waals surface area contributed by atoms with Gasteiger partial charge in [-0.3, -0.25) is 0 Å². The minimum Gasteiger partial charge on any atom is -0.463 e. The number of hydrogen-bond acceptors (Lipinski definition) is 3. The smallest absolute Gasteiger partial charge is 0.154 e. The summed E-state index contributed by atoms with van der Waals surface area (Å²) in [6.45, 7) is 0. The predicted molar refractivity (Wildman–Crippen MR) is 40.0 cm³/mol. The molecule has 3 nitrogen and oxygen atoms in total. The van der Waals surface area contributed by atoms with E-state index in [1.54, 1.807) is 6.26 Å². The Morgan fingerprint density at radius 1 is 1.45 bits per heavy atom. The molecule has 1 heterocycles. The lowest BCUT2D eigenvalue weighted by molar-refractivity contribution is 0.315. The van der Waals surface area contributed by atoms with Crippen molar-refractivity contribution in [3.05, 3.63) is 23.7 Å². The summed E-state index contributed by atoms with van der Waals surface area (Å²) in [5, 5.41) is 11.8. The number of furan rings is 1. The summed E-state index contributed by atoms with van der Waals surface area (Å²) in [4.78, 5) is 0. The Bertz CT molecular complexity index is 288. The average Bonchev–Trinajstić information content (AvgIpc) is 2.50. The Morgan fingerprint density at radius 3 is 3.18 bits per heavy atom. The van der Waals surface area contributed by atoms with Gasteiger partial charge >= 0.3 is 0 Å². The normalized spacial score (nSPS) is 20.2. The molecule has 11 heavy (non-hydrogen) atoms. The van der Waals surface area contributed by atoms with Gasteiger partial charge in [-0.2, -0.15) is 0 Å². The molecular formula is C8H9NO2. The van der Waals surface area contributed by atoms with Gasteiger partial charge in [-0.05, 0) is 30.9 Å². The fourth-order valence-electron chi connectivity index (χ4n) is 1.44. The highest BCUT2D eigenvalue weighted by Crippen LogP contribution is 2.22. The Labute approximate surface area is 64.3 Å². The first kappa shape index (κ1) is 6.46. The molecule has 0 spiro atoms. The number of nitrogens with zero attached hydrogens (tertiary/aromatic N) is 1. The van der Waals surface area contributed by atoms with Crippen molar-refractivity contribution in [2.75, 3.05) is 0 Å². The maximum absolute atomic E-state index is 8.58. The van der Waals surface area contributed by atoms with E-state index in [1.165, 1.54) is 0 Å². The van der Waals surface area contributed by atoms with Crippen LogP contribution < -0.4 is 0 Å². The van der Waals surface area contributed by atoms with Crippen LogP contribution in [0, 0.1) is 0 Å². The summed E-state index contributed by atoms with van der Waals surface area (Å²) < 4.78 is 5.17. The monoisotopic (exact) mass is 151 g/mol. The molecule has 0 saturated heterocycles. The zero-order valence-corrected chi connectivity index (χ0v) is 6.08. The molecule has 0 amide bonds. The van der Waals surface area contributed by atoms with Gasteiger partial charge in [0.1, 0.15) is 5.71 Å². The van der Waals surface area contributed by atoms with Crippen molar-refractivity contribution in [2.45, 2.75) is 19.3 Å². The molecule has 1 aliphatic carbocycles. The van der Waals surface area contributed by atoms with Crippen LogP contribution in [0.15, 0.2) is 21.9 Å². The second kappa shape index (κ2) is 2.42. The van der Waals surface area contributed by atoms with Crippen molar-refractivity contribution in [3.63, 3.8) is 0 Å². The van der Waals surface area contributed by atoms with Gasteiger partial charge in [0, 0.05) is 0 Å². The lowest BCUT2D eigenvalue weighted by Gasteiger charge is -2.09. The van der Waals surface area contributed by atoms with E-state index in [-0.39, 0.29) is 0 Å². The highest BCUT2D eigenvalue weighted by molar-refractivity contribution is 5.99. The summed E-state index contributed by atoms with van der Waals surface area (Å²) in [5.41, 5.74) is 1.83. The lowest BCUT2D eigenvalue weighted by atomic mass is 9.97. The van der Waals surface area contributed by atoms with Crippen molar-refractivity contribution < 1.29 is 9.62 Å². The van der Waals surface area contributed by atoms with Gasteiger partial charge in [-0.25, -0.2) is 0 Å². The second-order valence-corrected chi connectivity index (χ2v) is 2.68. The third-order valence-corrected chi connectivity index (χ3v) is 1.99. The highest BCUT2D eigenvalue weighted by atomic mass is 16.4. The zero-order chi connectivity index (χ0) is 7.68. The summed E-state index contributed by atoms with van der Waals surface area (Å²) in [6.07, 6.45) is 4.54. The molecule has 1 aromatic rings. The summed E-state index contributed by atoms with van der Waals surface area (Å²) in [5.74, 6) is 0.763. The van der Waals surface area contributed by atoms with Crippen LogP contribution in [0.3, 0.4) is 0 Å². The molecule has 58 valence electrons. The van der Waals surface area contributed by atoms with E-state index in [9.17, 15) is 0 Å². The van der Waals surface area contributed by atoms with Crippen molar-refractivity contribution in [3.8, 4) is 0 Å². The summed E-state index contributed by atoms with van der Waals surface area (Å²) in [6, 6.07) is 1.93. The summed E-state index contributed by atoms with van der Waals surface area (Å²) in [7, 11) is 0. The second-order valence-electron chi connectivity index (χ2n) is 2.68. The van der Waals surface area contributed by atoms with Crippen LogP contribution in [0.5, 0.6) is 0 Å². The molecule has 0 atom stereocenters. The Kier molecular flexibility index (Phi) is 1.42. The van der Waals surface area contributed by atoms with E-state index < -0.39 is 0 Å². The largest absolute Gasteiger partial charge is 0.463 e. The third-order valence-electron chi connectivity index (χ3n) is 1.99. The molecular weight excluding hydrogens is 142 g/mol. The van der Waals surface area contributed by atoms with Crippen LogP contribution in [-0.2, 0) is 6.42 Å². The van der Waals surface area contributed by atoms with E-state index >= 15 is 0 Å². The van der Waals surface area contributed by atoms with Crippen LogP contribution >= 0.6 is 0 Å². The molecule has 0 radical (unpaired) electrons. The molecule has 0 unspecified atom stereocenters. The zero-order valence-electron chi connectivity index (χ0n) is 6.08. The molecule has 0 aromatic carbocycles. The van der Waals surface area contributed by atoms with E-state index in [0.29, 0.717) is 5.71 Å². The summed E-state index contributed by atoms with van der Waals surface area (Å²) >= 11 is 0. The maximum Gasteiger partial charge on any atom is 0.154 e. The third kappa shape index (κ3) is 0.926. The van der Waals surface area contributed by atoms with Crippen molar-refractivity contribution in [1.29, 1.82) is 0 Å². The average molecular weight is 151 g/mol. The van der Waals surface area contributed by atoms with Crippen LogP contribution in [0.2, 0.25) is 0 Å². The fraction of sp³-hybridized carbons (Fsp3) is 0.375. The molecule has 1 aromatic heterocycles. The predicted octanol–water partition coefficient (Wildman–Crippen LogP) is 1.79. The standard InChI is InChI=1S/C8H9NO2/c10-9-7-3-1-2-6-4-5-11-8(6)7/h4-5,10H,1-3H2. The van der Waals surface area contributed by atoms with Gasteiger partial charge in [0.25, 0.3) is 0 Å². The molecule has 1 aliphatic rings. The molecule has 2 rings (SSSR count). The number of rotatable bonds is 0. The lowest BCUT2D eigenvalue weighted by Crippen LogP contribution is -2.09. The first-order valence-electron chi connectivity index (χ1n) is 3.69. The minimum absolute atomic E-state index is 0.677. The molecule has 0 fully saturated rings. The van der Waals surface area contributed by atoms with Crippen LogP contribution in [0.25, 0.3) is 0 Å². The van der Waals surface area contributed by atoms with Gasteiger partial charge in [0.2, 0.25) is 0 Å². The number of hydrogen-bond donors (Lipinski definition) is 1. The SMILES string of the molecule is ON=C1CCCc2ccoc21. The molecule has 0 aliphatic heterocycles. The first-order valence-corrected chi connectivity index (χ1v) is 3.69. The van der Waals surface area contributed by atoms with Crippen LogP contribution in [-0.4, -0.2) is 10.9 Å². The first-order chi connectivity index (χ1) is 5.42. The molecule has 0 saturated carbocycles. The fourth-order valence-corrected chi connectivity index (χ4v) is 1.44. The highest BCUT2D eigenvalue weighted by Gasteiger charge is 2.18. The Balaban J connectivity index is 2.48. The van der Waals surface area contributed by atoms with E-state index in [4.69, 9.17) is 9.62 Å². The van der Waals surface area contributed by atoms with E-state index in [0.717, 1.165) is 30.6 Å². The van der Waals surface area contributed by atoms with E-state index in [2.05, 4.69) is 5.16 Å². The van der Waals surface area contributed by atoms with Gasteiger partial charge in [-0.15, -0.1) is 0 Å². The van der Waals surface area contributed by atoms with Crippen molar-refractivity contribution in [2.24, 2.45) is 5.16 Å². The van der Waals surface area contributed by atoms with Crippen LogP contribution in [0.1, 0.15) is 24.2 Å². The number of fused-ring (bicyclic) bond motifs is 1. The van der Waals surface area contributed by atoms with E-state index in [1.807, 2.05) is 6.07 Å². The number of aryl methyl sites for hydroxylation is 1. The van der Waals surface area contributed by atoms with Crippen LogP contribution in [0.4, 0.5) is 0 Å². The maximum atomic E-state index is 8.58. The van der Waals surface area contributed by atoms with Gasteiger partial charge in [-0.1, -0.05) is 5.16 Å². The van der Waals surface area contributed by atoms with Crippen molar-refractivity contribution in [1.82, 2.24) is 0 Å². The molecule has 1 N–H and O–H groups in total. The van der Waals surface area contributed by atoms with Gasteiger partial charge < -0.3 is 9.62 Å². The molecule has 0 bridgehead atoms. The molecule has 3 heteroatoms. The topological polar surface area (TPSA) is 45.7 Å². The van der Waals surface area contributed by atoms with Gasteiger partial charge in [0.05, 0.1) is 6.26 Å². The van der Waals surface area contributed by atoms with Gasteiger partial charge in [0.15, 0.2) is 5.76 Å². The van der Waals surface area contributed by atoms with Crippen molar-refractivity contribution >= 4 is 5.71 Å². The Hall–Kier alpha value is -1.25. The quantitative estimate of drug-likeness (QED) is 0.454.